The van der Waals surface area contributed by atoms with E-state index in [0.29, 0.717) is 13.0 Å². The first kappa shape index (κ1) is 13.2. The highest BCUT2D eigenvalue weighted by molar-refractivity contribution is 7.89. The second kappa shape index (κ2) is 5.98. The zero-order valence-corrected chi connectivity index (χ0v) is 10.2. The highest BCUT2D eigenvalue weighted by atomic mass is 32.2. The van der Waals surface area contributed by atoms with Gasteiger partial charge in [0.25, 0.3) is 0 Å². The Balaban J connectivity index is 2.63. The molecule has 0 spiro atoms. The summed E-state index contributed by atoms with van der Waals surface area (Å²) in [6.07, 6.45) is 0.622. The van der Waals surface area contributed by atoms with E-state index < -0.39 is 10.0 Å². The predicted molar refractivity (Wildman–Crippen MR) is 65.6 cm³/mol. The van der Waals surface area contributed by atoms with E-state index in [1.807, 2.05) is 30.3 Å². The molecule has 0 aliphatic rings. The first-order chi connectivity index (χ1) is 7.57. The van der Waals surface area contributed by atoms with Gasteiger partial charge in [-0.3, -0.25) is 0 Å². The number of nitrogens with one attached hydrogen (secondary N) is 1. The number of hydrogen-bond donors (Lipinski definition) is 2. The lowest BCUT2D eigenvalue weighted by molar-refractivity contribution is 0.549. The molecule has 16 heavy (non-hydrogen) atoms. The lowest BCUT2D eigenvalue weighted by Gasteiger charge is -2.16. The van der Waals surface area contributed by atoms with Crippen LogP contribution in [-0.4, -0.2) is 26.8 Å². The fourth-order valence-corrected chi connectivity index (χ4v) is 2.26. The van der Waals surface area contributed by atoms with Gasteiger partial charge in [-0.15, -0.1) is 0 Å². The molecule has 5 heteroatoms. The van der Waals surface area contributed by atoms with Crippen molar-refractivity contribution in [3.8, 4) is 0 Å². The number of hydrogen-bond acceptors (Lipinski definition) is 3. The molecule has 1 unspecified atom stereocenters. The van der Waals surface area contributed by atoms with Crippen LogP contribution in [0.15, 0.2) is 30.3 Å². The monoisotopic (exact) mass is 242 g/mol. The second-order valence-corrected chi connectivity index (χ2v) is 5.69. The van der Waals surface area contributed by atoms with Crippen molar-refractivity contribution in [1.82, 2.24) is 4.72 Å². The van der Waals surface area contributed by atoms with Crippen molar-refractivity contribution in [2.45, 2.75) is 19.4 Å². The zero-order chi connectivity index (χ0) is 12.0. The van der Waals surface area contributed by atoms with Crippen LogP contribution in [0.5, 0.6) is 0 Å². The fourth-order valence-electron chi connectivity index (χ4n) is 1.41. The van der Waals surface area contributed by atoms with Crippen molar-refractivity contribution in [2.24, 2.45) is 5.73 Å². The van der Waals surface area contributed by atoms with Crippen LogP contribution in [0.4, 0.5) is 0 Å². The Hall–Kier alpha value is -0.910. The lowest BCUT2D eigenvalue weighted by atomic mass is 10.1. The van der Waals surface area contributed by atoms with Crippen LogP contribution in [0.25, 0.3) is 0 Å². The van der Waals surface area contributed by atoms with E-state index >= 15 is 0 Å². The quantitative estimate of drug-likeness (QED) is 0.763. The Morgan fingerprint density at radius 2 is 1.94 bits per heavy atom. The number of nitrogens with two attached hydrogens (primary N) is 1. The van der Waals surface area contributed by atoms with Crippen molar-refractivity contribution in [2.75, 3.05) is 12.3 Å². The molecule has 0 amide bonds. The molecule has 0 radical (unpaired) electrons. The average molecular weight is 242 g/mol. The third kappa shape index (κ3) is 4.30. The maximum atomic E-state index is 11.4. The highest BCUT2D eigenvalue weighted by Crippen LogP contribution is 2.03. The molecule has 0 fully saturated rings. The van der Waals surface area contributed by atoms with Crippen LogP contribution in [0.2, 0.25) is 0 Å². The van der Waals surface area contributed by atoms with E-state index in [1.54, 1.807) is 6.92 Å². The third-order valence-electron chi connectivity index (χ3n) is 2.34. The molecule has 1 aromatic rings. The van der Waals surface area contributed by atoms with Crippen LogP contribution in [0.1, 0.15) is 12.5 Å². The Morgan fingerprint density at radius 1 is 1.31 bits per heavy atom. The van der Waals surface area contributed by atoms with Gasteiger partial charge in [-0.25, -0.2) is 13.1 Å². The molecule has 90 valence electrons. The predicted octanol–water partition coefficient (Wildman–Crippen LogP) is 0.496. The fraction of sp³-hybridized carbons (Fsp3) is 0.455. The maximum Gasteiger partial charge on any atom is 0.211 e. The minimum Gasteiger partial charge on any atom is -0.329 e. The summed E-state index contributed by atoms with van der Waals surface area (Å²) in [7, 11) is -3.18. The summed E-state index contributed by atoms with van der Waals surface area (Å²) in [6.45, 7) is 1.91. The van der Waals surface area contributed by atoms with Crippen molar-refractivity contribution >= 4 is 10.0 Å². The number of sulfonamides is 1. The maximum absolute atomic E-state index is 11.4. The molecule has 1 rings (SSSR count). The first-order valence-corrected chi connectivity index (χ1v) is 6.96. The van der Waals surface area contributed by atoms with Crippen LogP contribution in [-0.2, 0) is 16.4 Å². The Morgan fingerprint density at radius 3 is 2.44 bits per heavy atom. The Kier molecular flexibility index (Phi) is 4.92. The highest BCUT2D eigenvalue weighted by Gasteiger charge is 2.14. The molecule has 1 atom stereocenters. The smallest absolute Gasteiger partial charge is 0.211 e. The van der Waals surface area contributed by atoms with Gasteiger partial charge in [0.1, 0.15) is 0 Å². The lowest BCUT2D eigenvalue weighted by Crippen LogP contribution is -2.42. The van der Waals surface area contributed by atoms with Crippen molar-refractivity contribution in [3.05, 3.63) is 35.9 Å². The first-order valence-electron chi connectivity index (χ1n) is 5.31. The Bertz CT molecular complexity index is 403. The summed E-state index contributed by atoms with van der Waals surface area (Å²) in [5.41, 5.74) is 6.64. The molecule has 0 saturated heterocycles. The summed E-state index contributed by atoms with van der Waals surface area (Å²) in [5.74, 6) is 0.0816. The second-order valence-electron chi connectivity index (χ2n) is 3.64. The SMILES string of the molecule is CCS(=O)(=O)NC(CN)Cc1ccccc1. The summed E-state index contributed by atoms with van der Waals surface area (Å²) in [4.78, 5) is 0. The molecule has 0 heterocycles. The minimum atomic E-state index is -3.18. The average Bonchev–Trinajstić information content (AvgIpc) is 2.29. The van der Waals surface area contributed by atoms with E-state index in [2.05, 4.69) is 4.72 Å². The molecule has 4 nitrogen and oxygen atoms in total. The minimum absolute atomic E-state index is 0.0816. The van der Waals surface area contributed by atoms with Crippen LogP contribution >= 0.6 is 0 Å². The normalized spacial score (nSPS) is 13.6. The van der Waals surface area contributed by atoms with E-state index in [1.165, 1.54) is 0 Å². The molecule has 0 aromatic heterocycles. The van der Waals surface area contributed by atoms with E-state index in [9.17, 15) is 8.42 Å². The number of rotatable bonds is 6. The van der Waals surface area contributed by atoms with Gasteiger partial charge in [0.2, 0.25) is 10.0 Å². The van der Waals surface area contributed by atoms with E-state index in [4.69, 9.17) is 5.73 Å². The molecular formula is C11H18N2O2S. The topological polar surface area (TPSA) is 72.2 Å². The molecule has 0 aliphatic heterocycles. The summed E-state index contributed by atoms with van der Waals surface area (Å²) < 4.78 is 25.4. The van der Waals surface area contributed by atoms with Gasteiger partial charge in [0, 0.05) is 12.6 Å². The van der Waals surface area contributed by atoms with Gasteiger partial charge in [0.05, 0.1) is 5.75 Å². The van der Waals surface area contributed by atoms with Gasteiger partial charge in [-0.05, 0) is 18.9 Å². The van der Waals surface area contributed by atoms with Crippen LogP contribution in [0, 0.1) is 0 Å². The van der Waals surface area contributed by atoms with Gasteiger partial charge in [-0.1, -0.05) is 30.3 Å². The Labute approximate surface area is 96.9 Å². The van der Waals surface area contributed by atoms with Crippen molar-refractivity contribution in [3.63, 3.8) is 0 Å². The standard InChI is InChI=1S/C11H18N2O2S/c1-2-16(14,15)13-11(9-12)8-10-6-4-3-5-7-10/h3-7,11,13H,2,8-9,12H2,1H3. The van der Waals surface area contributed by atoms with Crippen LogP contribution < -0.4 is 10.5 Å². The third-order valence-corrected chi connectivity index (χ3v) is 3.79. The van der Waals surface area contributed by atoms with E-state index in [0.717, 1.165) is 5.56 Å². The van der Waals surface area contributed by atoms with E-state index in [-0.39, 0.29) is 11.8 Å². The van der Waals surface area contributed by atoms with Gasteiger partial charge in [0.15, 0.2) is 0 Å². The van der Waals surface area contributed by atoms with Crippen LogP contribution in [0.3, 0.4) is 0 Å². The van der Waals surface area contributed by atoms with Crippen molar-refractivity contribution in [1.29, 1.82) is 0 Å². The van der Waals surface area contributed by atoms with Gasteiger partial charge in [-0.2, -0.15) is 0 Å². The molecule has 3 N–H and O–H groups in total. The summed E-state index contributed by atoms with van der Waals surface area (Å²) in [6, 6.07) is 9.48. The summed E-state index contributed by atoms with van der Waals surface area (Å²) in [5, 5.41) is 0. The van der Waals surface area contributed by atoms with Gasteiger partial charge < -0.3 is 5.73 Å². The summed E-state index contributed by atoms with van der Waals surface area (Å²) >= 11 is 0. The molecule has 0 saturated carbocycles. The number of benzene rings is 1. The van der Waals surface area contributed by atoms with Gasteiger partial charge >= 0.3 is 0 Å². The largest absolute Gasteiger partial charge is 0.329 e. The molecular weight excluding hydrogens is 224 g/mol. The zero-order valence-electron chi connectivity index (χ0n) is 9.39. The molecule has 1 aromatic carbocycles. The molecule has 0 aliphatic carbocycles. The molecule has 0 bridgehead atoms. The van der Waals surface area contributed by atoms with Crippen molar-refractivity contribution < 1.29 is 8.42 Å².